The summed E-state index contributed by atoms with van der Waals surface area (Å²) in [6.07, 6.45) is 1.94. The molecule has 0 amide bonds. The average Bonchev–Trinajstić information content (AvgIpc) is 2.88. The van der Waals surface area contributed by atoms with Crippen LogP contribution in [-0.4, -0.2) is 31.6 Å². The number of hydrogen-bond donors (Lipinski definition) is 1. The highest BCUT2D eigenvalue weighted by Gasteiger charge is 2.14. The van der Waals surface area contributed by atoms with Gasteiger partial charge >= 0.3 is 5.97 Å². The summed E-state index contributed by atoms with van der Waals surface area (Å²) in [6.45, 7) is 4.98. The predicted octanol–water partition coefficient (Wildman–Crippen LogP) is 3.09. The lowest BCUT2D eigenvalue weighted by atomic mass is 10.1. The Hall–Kier alpha value is -1.82. The van der Waals surface area contributed by atoms with E-state index in [1.165, 1.54) is 17.3 Å². The van der Waals surface area contributed by atoms with Gasteiger partial charge in [-0.2, -0.15) is 0 Å². The van der Waals surface area contributed by atoms with E-state index in [1.54, 1.807) is 0 Å². The number of nitrogens with zero attached hydrogens (tertiary/aromatic N) is 3. The van der Waals surface area contributed by atoms with Crippen molar-refractivity contribution in [1.82, 2.24) is 14.8 Å². The zero-order valence-corrected chi connectivity index (χ0v) is 13.1. The number of thioether (sulfide) groups is 1. The smallest absolute Gasteiger partial charge is 0.313 e. The zero-order chi connectivity index (χ0) is 15.2. The maximum atomic E-state index is 10.7. The van der Waals surface area contributed by atoms with Crippen molar-refractivity contribution < 1.29 is 9.90 Å². The summed E-state index contributed by atoms with van der Waals surface area (Å²) in [5, 5.41) is 17.8. The van der Waals surface area contributed by atoms with Crippen LogP contribution in [0, 0.1) is 0 Å². The van der Waals surface area contributed by atoms with Gasteiger partial charge in [-0.15, -0.1) is 10.2 Å². The maximum absolute atomic E-state index is 10.7. The molecule has 0 saturated heterocycles. The van der Waals surface area contributed by atoms with E-state index >= 15 is 0 Å². The summed E-state index contributed by atoms with van der Waals surface area (Å²) in [6, 6.07) is 8.26. The molecule has 1 N–H and O–H groups in total. The number of carbonyl (C=O) groups is 1. The number of carboxylic acid groups (broad SMARTS) is 1. The first kappa shape index (κ1) is 15.6. The molecule has 2 rings (SSSR count). The van der Waals surface area contributed by atoms with Gasteiger partial charge in [0.15, 0.2) is 11.0 Å². The van der Waals surface area contributed by atoms with Gasteiger partial charge in [-0.25, -0.2) is 0 Å². The number of hydrogen-bond acceptors (Lipinski definition) is 4. The Bertz CT molecular complexity index is 608. The largest absolute Gasteiger partial charge is 0.481 e. The van der Waals surface area contributed by atoms with Crippen molar-refractivity contribution in [2.75, 3.05) is 5.75 Å². The van der Waals surface area contributed by atoms with E-state index in [9.17, 15) is 4.79 Å². The first-order chi connectivity index (χ1) is 10.2. The Morgan fingerprint density at radius 1 is 1.24 bits per heavy atom. The highest BCUT2D eigenvalue weighted by atomic mass is 32.2. The molecule has 0 spiro atoms. The number of rotatable bonds is 7. The number of carboxylic acids is 1. The molecule has 0 radical (unpaired) electrons. The summed E-state index contributed by atoms with van der Waals surface area (Å²) in [4.78, 5) is 10.7. The van der Waals surface area contributed by atoms with Gasteiger partial charge in [0.2, 0.25) is 0 Å². The topological polar surface area (TPSA) is 68.0 Å². The van der Waals surface area contributed by atoms with Crippen LogP contribution in [0.15, 0.2) is 29.4 Å². The van der Waals surface area contributed by atoms with E-state index < -0.39 is 5.97 Å². The van der Waals surface area contributed by atoms with Gasteiger partial charge < -0.3 is 9.67 Å². The van der Waals surface area contributed by atoms with Crippen molar-refractivity contribution >= 4 is 17.7 Å². The minimum absolute atomic E-state index is 0.00335. The van der Waals surface area contributed by atoms with Gasteiger partial charge in [0.1, 0.15) is 0 Å². The third-order valence-electron chi connectivity index (χ3n) is 3.11. The lowest BCUT2D eigenvalue weighted by Gasteiger charge is -2.08. The van der Waals surface area contributed by atoms with Crippen LogP contribution < -0.4 is 0 Å². The summed E-state index contributed by atoms with van der Waals surface area (Å²) < 4.78 is 1.99. The van der Waals surface area contributed by atoms with E-state index in [0.29, 0.717) is 5.16 Å². The molecule has 112 valence electrons. The van der Waals surface area contributed by atoms with Crippen LogP contribution >= 0.6 is 11.8 Å². The van der Waals surface area contributed by atoms with Crippen molar-refractivity contribution in [1.29, 1.82) is 0 Å². The molecule has 6 heteroatoms. The Morgan fingerprint density at radius 2 is 1.95 bits per heavy atom. The molecule has 1 heterocycles. The zero-order valence-electron chi connectivity index (χ0n) is 12.2. The maximum Gasteiger partial charge on any atom is 0.313 e. The van der Waals surface area contributed by atoms with Crippen LogP contribution in [0.1, 0.15) is 25.8 Å². The average molecular weight is 305 g/mol. The van der Waals surface area contributed by atoms with Gasteiger partial charge in [-0.3, -0.25) is 4.79 Å². The molecule has 1 aromatic heterocycles. The van der Waals surface area contributed by atoms with Crippen molar-refractivity contribution in [2.45, 2.75) is 38.4 Å². The molecule has 2 aromatic rings. The fourth-order valence-corrected chi connectivity index (χ4v) is 2.73. The number of aliphatic carboxylic acids is 1. The molecule has 0 aliphatic carbocycles. The van der Waals surface area contributed by atoms with Crippen LogP contribution in [-0.2, 0) is 17.8 Å². The van der Waals surface area contributed by atoms with Crippen LogP contribution in [0.3, 0.4) is 0 Å². The molecule has 5 nitrogen and oxygen atoms in total. The molecule has 0 aliphatic heterocycles. The fourth-order valence-electron chi connectivity index (χ4n) is 2.05. The van der Waals surface area contributed by atoms with Gasteiger partial charge in [-0.05, 0) is 18.4 Å². The fraction of sp³-hybridized carbons (Fsp3) is 0.400. The SMILES string of the molecule is CCCn1c(SCC(=O)O)nnc1-c1ccc(CC)cc1. The summed E-state index contributed by atoms with van der Waals surface area (Å²) >= 11 is 1.21. The standard InChI is InChI=1S/C15H19N3O2S/c1-3-9-18-14(12-7-5-11(4-2)6-8-12)16-17-15(18)21-10-13(19)20/h5-8H,3-4,9-10H2,1-2H3,(H,19,20). The third-order valence-corrected chi connectivity index (χ3v) is 4.06. The van der Waals surface area contributed by atoms with Crippen molar-refractivity contribution in [3.63, 3.8) is 0 Å². The second-order valence-corrected chi connectivity index (χ2v) is 5.63. The van der Waals surface area contributed by atoms with E-state index in [4.69, 9.17) is 5.11 Å². The lowest BCUT2D eigenvalue weighted by molar-refractivity contribution is -0.133. The Morgan fingerprint density at radius 3 is 2.52 bits per heavy atom. The molecular weight excluding hydrogens is 286 g/mol. The second kappa shape index (κ2) is 7.26. The third kappa shape index (κ3) is 3.85. The van der Waals surface area contributed by atoms with E-state index in [1.807, 2.05) is 16.7 Å². The highest BCUT2D eigenvalue weighted by Crippen LogP contribution is 2.24. The predicted molar refractivity (Wildman–Crippen MR) is 83.5 cm³/mol. The highest BCUT2D eigenvalue weighted by molar-refractivity contribution is 7.99. The number of aromatic nitrogens is 3. The minimum Gasteiger partial charge on any atom is -0.481 e. The Kier molecular flexibility index (Phi) is 5.38. The summed E-state index contributed by atoms with van der Waals surface area (Å²) in [5.74, 6) is -0.0522. The molecule has 0 bridgehead atoms. The molecule has 0 saturated carbocycles. The van der Waals surface area contributed by atoms with Gasteiger partial charge in [-0.1, -0.05) is 49.9 Å². The molecule has 21 heavy (non-hydrogen) atoms. The normalized spacial score (nSPS) is 10.8. The van der Waals surface area contributed by atoms with Crippen LogP contribution in [0.4, 0.5) is 0 Å². The quantitative estimate of drug-likeness (QED) is 0.796. The number of aryl methyl sites for hydroxylation is 1. The molecule has 0 atom stereocenters. The summed E-state index contributed by atoms with van der Waals surface area (Å²) in [5.41, 5.74) is 2.29. The van der Waals surface area contributed by atoms with Crippen molar-refractivity contribution in [2.24, 2.45) is 0 Å². The monoisotopic (exact) mass is 305 g/mol. The van der Waals surface area contributed by atoms with E-state index in [2.05, 4.69) is 36.2 Å². The molecule has 0 unspecified atom stereocenters. The molecule has 0 fully saturated rings. The van der Waals surface area contributed by atoms with Crippen LogP contribution in [0.2, 0.25) is 0 Å². The van der Waals surface area contributed by atoms with E-state index in [-0.39, 0.29) is 5.75 Å². The van der Waals surface area contributed by atoms with Crippen molar-refractivity contribution in [3.05, 3.63) is 29.8 Å². The van der Waals surface area contributed by atoms with Gasteiger partial charge in [0.25, 0.3) is 0 Å². The first-order valence-electron chi connectivity index (χ1n) is 7.02. The number of benzene rings is 1. The van der Waals surface area contributed by atoms with Gasteiger partial charge in [0, 0.05) is 12.1 Å². The first-order valence-corrected chi connectivity index (χ1v) is 8.01. The molecule has 1 aromatic carbocycles. The van der Waals surface area contributed by atoms with E-state index in [0.717, 1.165) is 30.8 Å². The second-order valence-electron chi connectivity index (χ2n) is 4.69. The summed E-state index contributed by atoms with van der Waals surface area (Å²) in [7, 11) is 0. The van der Waals surface area contributed by atoms with Gasteiger partial charge in [0.05, 0.1) is 5.75 Å². The van der Waals surface area contributed by atoms with Crippen LogP contribution in [0.5, 0.6) is 0 Å². The Balaban J connectivity index is 2.31. The minimum atomic E-state index is -0.847. The van der Waals surface area contributed by atoms with Crippen molar-refractivity contribution in [3.8, 4) is 11.4 Å². The Labute approximate surface area is 128 Å². The molecular formula is C15H19N3O2S. The van der Waals surface area contributed by atoms with Crippen LogP contribution in [0.25, 0.3) is 11.4 Å². The lowest BCUT2D eigenvalue weighted by Crippen LogP contribution is -2.04. The molecule has 0 aliphatic rings.